The van der Waals surface area contributed by atoms with E-state index in [-0.39, 0.29) is 11.4 Å². The molecule has 5 rings (SSSR count). The van der Waals surface area contributed by atoms with Gasteiger partial charge in [0.2, 0.25) is 5.17 Å². The lowest BCUT2D eigenvalue weighted by atomic mass is 10.1. The van der Waals surface area contributed by atoms with E-state index < -0.39 is 5.91 Å². The van der Waals surface area contributed by atoms with E-state index in [4.69, 9.17) is 5.41 Å². The second kappa shape index (κ2) is 8.25. The first-order valence-electron chi connectivity index (χ1n) is 11.1. The van der Waals surface area contributed by atoms with Crippen LogP contribution in [0.4, 0.5) is 0 Å². The molecule has 1 aromatic heterocycles. The van der Waals surface area contributed by atoms with Crippen molar-refractivity contribution in [2.45, 2.75) is 34.6 Å². The minimum Gasteiger partial charge on any atom is -0.318 e. The number of carbonyl (C=O) groups excluding carboxylic acids is 1. The Hall–Kier alpha value is -3.71. The maximum absolute atomic E-state index is 12.9. The lowest BCUT2D eigenvalue weighted by Crippen LogP contribution is -2.35. The quantitative estimate of drug-likeness (QED) is 0.503. The number of benzene rings is 2. The van der Waals surface area contributed by atoms with Crippen LogP contribution in [-0.2, 0) is 4.79 Å². The fraction of sp³-hybridized carbons (Fsp3) is 0.185. The molecule has 34 heavy (non-hydrogen) atoms. The molecule has 2 aliphatic heterocycles. The van der Waals surface area contributed by atoms with Gasteiger partial charge in [0.15, 0.2) is 5.84 Å². The lowest BCUT2D eigenvalue weighted by molar-refractivity contribution is -0.114. The minimum atomic E-state index is -0.416. The molecule has 0 atom stereocenters. The molecule has 1 N–H and O–H groups in total. The Kier molecular flexibility index (Phi) is 5.37. The molecule has 7 heteroatoms. The second-order valence-electron chi connectivity index (χ2n) is 8.67. The van der Waals surface area contributed by atoms with Crippen molar-refractivity contribution in [1.82, 2.24) is 9.58 Å². The maximum Gasteiger partial charge on any atom is 0.283 e. The van der Waals surface area contributed by atoms with Gasteiger partial charge in [-0.05, 0) is 92.9 Å². The fourth-order valence-corrected chi connectivity index (χ4v) is 5.25. The van der Waals surface area contributed by atoms with Crippen LogP contribution in [0.3, 0.4) is 0 Å². The number of aromatic nitrogens is 1. The molecular weight excluding hydrogens is 442 g/mol. The molecule has 170 valence electrons. The molecule has 2 aromatic carbocycles. The summed E-state index contributed by atoms with van der Waals surface area (Å²) in [6.07, 6.45) is 1.76. The fourth-order valence-electron chi connectivity index (χ4n) is 4.27. The van der Waals surface area contributed by atoms with E-state index in [1.54, 1.807) is 6.08 Å². The van der Waals surface area contributed by atoms with Crippen LogP contribution in [0, 0.1) is 40.0 Å². The zero-order valence-corrected chi connectivity index (χ0v) is 20.6. The molecular formula is C27H25N5OS. The second-order valence-corrected chi connectivity index (χ2v) is 9.63. The van der Waals surface area contributed by atoms with Gasteiger partial charge in [-0.25, -0.2) is 0 Å². The third kappa shape index (κ3) is 3.62. The number of fused-ring (bicyclic) bond motifs is 1. The topological polar surface area (TPSA) is 73.8 Å². The average molecular weight is 468 g/mol. The minimum absolute atomic E-state index is 0.0436. The molecule has 0 saturated heterocycles. The van der Waals surface area contributed by atoms with Gasteiger partial charge in [0.1, 0.15) is 5.04 Å². The molecule has 0 unspecified atom stereocenters. The standard InChI is InChI=1S/C27H25N5OS/c1-15-10-11-21(12-17(15)3)31-18(4)13-20(19(31)5)14-23-24(28)32-27(29-25(23)33)34-26(30-32)22-9-7-6-8-16(22)2/h6-14,28H,1-5H3. The zero-order chi connectivity index (χ0) is 24.1. The Balaban J connectivity index is 1.52. The van der Waals surface area contributed by atoms with Crippen LogP contribution in [0.5, 0.6) is 0 Å². The average Bonchev–Trinajstić information content (AvgIpc) is 3.34. The van der Waals surface area contributed by atoms with Crippen LogP contribution >= 0.6 is 11.8 Å². The van der Waals surface area contributed by atoms with Gasteiger partial charge in [0.25, 0.3) is 5.91 Å². The summed E-state index contributed by atoms with van der Waals surface area (Å²) in [5, 5.41) is 16.0. The highest BCUT2D eigenvalue weighted by molar-refractivity contribution is 8.27. The van der Waals surface area contributed by atoms with Crippen LogP contribution in [0.25, 0.3) is 11.8 Å². The third-order valence-electron chi connectivity index (χ3n) is 6.35. The molecule has 3 heterocycles. The predicted octanol–water partition coefficient (Wildman–Crippen LogP) is 5.69. The van der Waals surface area contributed by atoms with Gasteiger partial charge in [-0.15, -0.1) is 0 Å². The summed E-state index contributed by atoms with van der Waals surface area (Å²) in [4.78, 5) is 17.2. The van der Waals surface area contributed by atoms with Gasteiger partial charge in [0.05, 0.1) is 5.57 Å². The van der Waals surface area contributed by atoms with Gasteiger partial charge in [0, 0.05) is 22.6 Å². The van der Waals surface area contributed by atoms with Gasteiger partial charge in [-0.1, -0.05) is 30.3 Å². The van der Waals surface area contributed by atoms with E-state index in [0.717, 1.165) is 38.8 Å². The highest BCUT2D eigenvalue weighted by Crippen LogP contribution is 2.32. The highest BCUT2D eigenvalue weighted by atomic mass is 32.2. The van der Waals surface area contributed by atoms with Crippen molar-refractivity contribution in [2.75, 3.05) is 0 Å². The third-order valence-corrected chi connectivity index (χ3v) is 7.29. The van der Waals surface area contributed by atoms with E-state index in [0.29, 0.717) is 5.17 Å². The number of amidine groups is 2. The van der Waals surface area contributed by atoms with Crippen molar-refractivity contribution in [2.24, 2.45) is 10.1 Å². The Morgan fingerprint density at radius 2 is 1.71 bits per heavy atom. The summed E-state index contributed by atoms with van der Waals surface area (Å²) >= 11 is 1.32. The molecule has 2 aliphatic rings. The van der Waals surface area contributed by atoms with Crippen molar-refractivity contribution in [3.8, 4) is 5.69 Å². The normalized spacial score (nSPS) is 16.7. The smallest absolute Gasteiger partial charge is 0.283 e. The summed E-state index contributed by atoms with van der Waals surface area (Å²) in [7, 11) is 0. The Bertz CT molecular complexity index is 1470. The van der Waals surface area contributed by atoms with Crippen LogP contribution in [0.2, 0.25) is 0 Å². The monoisotopic (exact) mass is 467 g/mol. The van der Waals surface area contributed by atoms with Gasteiger partial charge in [-0.2, -0.15) is 15.1 Å². The summed E-state index contributed by atoms with van der Waals surface area (Å²) < 4.78 is 2.17. The number of thioether (sulfide) groups is 1. The Morgan fingerprint density at radius 3 is 2.44 bits per heavy atom. The molecule has 0 aliphatic carbocycles. The van der Waals surface area contributed by atoms with Crippen LogP contribution in [0.1, 0.15) is 39.2 Å². The van der Waals surface area contributed by atoms with Gasteiger partial charge in [-0.3, -0.25) is 10.2 Å². The number of hydrazone groups is 1. The number of carbonyl (C=O) groups is 1. The number of amides is 1. The lowest BCUT2D eigenvalue weighted by Gasteiger charge is -2.20. The number of hydrogen-bond acceptors (Lipinski definition) is 4. The Labute approximate surface area is 203 Å². The molecule has 3 aromatic rings. The van der Waals surface area contributed by atoms with Gasteiger partial charge >= 0.3 is 0 Å². The molecule has 0 spiro atoms. The summed E-state index contributed by atoms with van der Waals surface area (Å²) in [6, 6.07) is 16.4. The van der Waals surface area contributed by atoms with E-state index >= 15 is 0 Å². The molecule has 0 saturated carbocycles. The summed E-state index contributed by atoms with van der Waals surface area (Å²) in [5.41, 5.74) is 8.80. The number of nitrogens with zero attached hydrogens (tertiary/aromatic N) is 4. The number of rotatable bonds is 3. The first-order chi connectivity index (χ1) is 16.2. The number of nitrogens with one attached hydrogen (secondary N) is 1. The first-order valence-corrected chi connectivity index (χ1v) is 11.9. The first kappa shape index (κ1) is 22.1. The molecule has 0 bridgehead atoms. The van der Waals surface area contributed by atoms with E-state index in [1.165, 1.54) is 27.9 Å². The van der Waals surface area contributed by atoms with Crippen molar-refractivity contribution in [3.63, 3.8) is 0 Å². The van der Waals surface area contributed by atoms with Crippen LogP contribution in [-0.4, -0.2) is 31.5 Å². The van der Waals surface area contributed by atoms with E-state index in [1.807, 2.05) is 51.1 Å². The van der Waals surface area contributed by atoms with Crippen molar-refractivity contribution in [3.05, 3.63) is 93.3 Å². The molecule has 1 amide bonds. The van der Waals surface area contributed by atoms with Crippen molar-refractivity contribution in [1.29, 1.82) is 5.41 Å². The van der Waals surface area contributed by atoms with Crippen LogP contribution in [0.15, 0.2) is 64.2 Å². The zero-order valence-electron chi connectivity index (χ0n) is 19.8. The van der Waals surface area contributed by atoms with Crippen molar-refractivity contribution < 1.29 is 4.79 Å². The van der Waals surface area contributed by atoms with Gasteiger partial charge < -0.3 is 4.57 Å². The number of aryl methyl sites for hydroxylation is 4. The highest BCUT2D eigenvalue weighted by Gasteiger charge is 2.36. The molecule has 0 fully saturated rings. The molecule has 0 radical (unpaired) electrons. The number of hydrogen-bond donors (Lipinski definition) is 1. The number of aliphatic imine (C=N–C) groups is 1. The SMILES string of the molecule is Cc1ccc(-n2c(C)cc(C=C3C(=N)N4N=C(c5ccccc5C)SC4=NC3=O)c2C)cc1C. The van der Waals surface area contributed by atoms with E-state index in [9.17, 15) is 4.79 Å². The Morgan fingerprint density at radius 1 is 0.941 bits per heavy atom. The van der Waals surface area contributed by atoms with Crippen LogP contribution < -0.4 is 0 Å². The predicted molar refractivity (Wildman–Crippen MR) is 140 cm³/mol. The summed E-state index contributed by atoms with van der Waals surface area (Å²) in [6.45, 7) is 10.3. The summed E-state index contributed by atoms with van der Waals surface area (Å²) in [5.74, 6) is -0.372. The van der Waals surface area contributed by atoms with Crippen molar-refractivity contribution >= 4 is 39.8 Å². The van der Waals surface area contributed by atoms with E-state index in [2.05, 4.69) is 46.7 Å². The maximum atomic E-state index is 12.9. The molecule has 6 nitrogen and oxygen atoms in total. The largest absolute Gasteiger partial charge is 0.318 e.